The molecule has 1 heterocycles. The first kappa shape index (κ1) is 13.7. The maximum Gasteiger partial charge on any atom is 0.131 e. The van der Waals surface area contributed by atoms with Crippen molar-refractivity contribution < 1.29 is 14.2 Å². The lowest BCUT2D eigenvalue weighted by Crippen LogP contribution is -2.14. The quantitative estimate of drug-likeness (QED) is 0.914. The topological polar surface area (TPSA) is 53.7 Å². The molecule has 0 bridgehead atoms. The van der Waals surface area contributed by atoms with Gasteiger partial charge in [0.15, 0.2) is 0 Å². The second kappa shape index (κ2) is 5.95. The van der Waals surface area contributed by atoms with Crippen molar-refractivity contribution in [3.05, 3.63) is 40.1 Å². The summed E-state index contributed by atoms with van der Waals surface area (Å²) in [5.74, 6) is 2.00. The van der Waals surface area contributed by atoms with Crippen LogP contribution < -0.4 is 19.9 Å². The molecule has 0 aliphatic rings. The zero-order valence-corrected chi connectivity index (χ0v) is 12.0. The average Bonchev–Trinajstić information content (AvgIpc) is 2.99. The van der Waals surface area contributed by atoms with E-state index in [4.69, 9.17) is 19.9 Å². The average molecular weight is 279 g/mol. The number of ether oxygens (including phenoxy) is 3. The molecule has 0 saturated carbocycles. The van der Waals surface area contributed by atoms with Crippen molar-refractivity contribution in [1.82, 2.24) is 0 Å². The summed E-state index contributed by atoms with van der Waals surface area (Å²) in [6, 6.07) is 5.33. The predicted octanol–water partition coefficient (Wildman–Crippen LogP) is 2.82. The first-order chi connectivity index (χ1) is 9.21. The first-order valence-electron chi connectivity index (χ1n) is 5.78. The van der Waals surface area contributed by atoms with Crippen molar-refractivity contribution >= 4 is 11.3 Å². The van der Waals surface area contributed by atoms with E-state index in [0.717, 1.165) is 11.1 Å². The summed E-state index contributed by atoms with van der Waals surface area (Å²) in [7, 11) is 4.82. The van der Waals surface area contributed by atoms with Gasteiger partial charge in [0.25, 0.3) is 0 Å². The first-order valence-corrected chi connectivity index (χ1v) is 6.73. The SMILES string of the molecule is COc1cc(OC)c([C@H](N)c2ccsc2)c(OC)c1. The molecule has 19 heavy (non-hydrogen) atoms. The fourth-order valence-electron chi connectivity index (χ4n) is 1.96. The lowest BCUT2D eigenvalue weighted by atomic mass is 9.99. The predicted molar refractivity (Wildman–Crippen MR) is 76.4 cm³/mol. The van der Waals surface area contributed by atoms with Gasteiger partial charge in [0.05, 0.1) is 32.9 Å². The van der Waals surface area contributed by atoms with Crippen molar-refractivity contribution in [2.45, 2.75) is 6.04 Å². The zero-order valence-electron chi connectivity index (χ0n) is 11.2. The third kappa shape index (κ3) is 2.67. The molecule has 102 valence electrons. The minimum Gasteiger partial charge on any atom is -0.496 e. The van der Waals surface area contributed by atoms with E-state index in [9.17, 15) is 0 Å². The van der Waals surface area contributed by atoms with Crippen molar-refractivity contribution in [1.29, 1.82) is 0 Å². The molecule has 5 heteroatoms. The molecule has 0 aliphatic carbocycles. The molecule has 1 atom stereocenters. The molecule has 0 aliphatic heterocycles. The van der Waals surface area contributed by atoms with Gasteiger partial charge < -0.3 is 19.9 Å². The number of nitrogens with two attached hydrogens (primary N) is 1. The van der Waals surface area contributed by atoms with Gasteiger partial charge in [-0.1, -0.05) is 0 Å². The number of rotatable bonds is 5. The molecule has 0 fully saturated rings. The van der Waals surface area contributed by atoms with Crippen LogP contribution in [0, 0.1) is 0 Å². The van der Waals surface area contributed by atoms with Crippen molar-refractivity contribution in [2.24, 2.45) is 5.73 Å². The van der Waals surface area contributed by atoms with Gasteiger partial charge in [0.1, 0.15) is 17.2 Å². The van der Waals surface area contributed by atoms with Crippen LogP contribution in [0.4, 0.5) is 0 Å². The fourth-order valence-corrected chi connectivity index (χ4v) is 2.65. The third-order valence-electron chi connectivity index (χ3n) is 2.97. The van der Waals surface area contributed by atoms with E-state index < -0.39 is 0 Å². The Bertz CT molecular complexity index is 515. The number of benzene rings is 1. The van der Waals surface area contributed by atoms with E-state index in [1.165, 1.54) is 0 Å². The van der Waals surface area contributed by atoms with Crippen molar-refractivity contribution in [3.63, 3.8) is 0 Å². The summed E-state index contributed by atoms with van der Waals surface area (Å²) < 4.78 is 16.1. The lowest BCUT2D eigenvalue weighted by molar-refractivity contribution is 0.366. The van der Waals surface area contributed by atoms with Crippen LogP contribution in [0.3, 0.4) is 0 Å². The van der Waals surface area contributed by atoms with Gasteiger partial charge in [-0.15, -0.1) is 0 Å². The van der Waals surface area contributed by atoms with Gasteiger partial charge in [0.2, 0.25) is 0 Å². The van der Waals surface area contributed by atoms with Crippen LogP contribution in [0.15, 0.2) is 29.0 Å². The van der Waals surface area contributed by atoms with Crippen LogP contribution >= 0.6 is 11.3 Å². The minimum absolute atomic E-state index is 0.290. The Morgan fingerprint density at radius 2 is 1.68 bits per heavy atom. The van der Waals surface area contributed by atoms with Gasteiger partial charge in [-0.25, -0.2) is 0 Å². The maximum absolute atomic E-state index is 6.31. The van der Waals surface area contributed by atoms with E-state index in [-0.39, 0.29) is 6.04 Å². The number of hydrogen-bond donors (Lipinski definition) is 1. The van der Waals surface area contributed by atoms with Crippen molar-refractivity contribution in [3.8, 4) is 17.2 Å². The monoisotopic (exact) mass is 279 g/mol. The van der Waals surface area contributed by atoms with Crippen LogP contribution in [0.1, 0.15) is 17.2 Å². The maximum atomic E-state index is 6.31. The van der Waals surface area contributed by atoms with Crippen LogP contribution in [-0.4, -0.2) is 21.3 Å². The Morgan fingerprint density at radius 1 is 1.05 bits per heavy atom. The highest BCUT2D eigenvalue weighted by molar-refractivity contribution is 7.08. The van der Waals surface area contributed by atoms with Crippen LogP contribution in [0.2, 0.25) is 0 Å². The minimum atomic E-state index is -0.290. The Kier molecular flexibility index (Phi) is 4.29. The molecular formula is C14H17NO3S. The molecule has 0 radical (unpaired) electrons. The molecular weight excluding hydrogens is 262 g/mol. The fraction of sp³-hybridized carbons (Fsp3) is 0.286. The van der Waals surface area contributed by atoms with Gasteiger partial charge in [0, 0.05) is 12.1 Å². The molecule has 2 N–H and O–H groups in total. The molecule has 1 aromatic carbocycles. The lowest BCUT2D eigenvalue weighted by Gasteiger charge is -2.19. The summed E-state index contributed by atoms with van der Waals surface area (Å²) in [5.41, 5.74) is 8.17. The van der Waals surface area contributed by atoms with E-state index in [2.05, 4.69) is 0 Å². The summed E-state index contributed by atoms with van der Waals surface area (Å²) >= 11 is 1.61. The summed E-state index contributed by atoms with van der Waals surface area (Å²) in [6.07, 6.45) is 0. The zero-order chi connectivity index (χ0) is 13.8. The van der Waals surface area contributed by atoms with Crippen LogP contribution in [0.25, 0.3) is 0 Å². The molecule has 1 aromatic heterocycles. The second-order valence-corrected chi connectivity index (χ2v) is 4.76. The van der Waals surface area contributed by atoms with Gasteiger partial charge in [-0.3, -0.25) is 0 Å². The Morgan fingerprint density at radius 3 is 2.11 bits per heavy atom. The molecule has 2 aromatic rings. The Hall–Kier alpha value is -1.72. The largest absolute Gasteiger partial charge is 0.496 e. The summed E-state index contributed by atoms with van der Waals surface area (Å²) in [6.45, 7) is 0. The molecule has 0 spiro atoms. The third-order valence-corrected chi connectivity index (χ3v) is 3.67. The van der Waals surface area contributed by atoms with E-state index >= 15 is 0 Å². The van der Waals surface area contributed by atoms with Gasteiger partial charge in [-0.2, -0.15) is 11.3 Å². The number of hydrogen-bond acceptors (Lipinski definition) is 5. The van der Waals surface area contributed by atoms with Gasteiger partial charge in [-0.05, 0) is 22.4 Å². The number of methoxy groups -OCH3 is 3. The van der Waals surface area contributed by atoms with Crippen LogP contribution in [-0.2, 0) is 0 Å². The second-order valence-electron chi connectivity index (χ2n) is 3.98. The van der Waals surface area contributed by atoms with Gasteiger partial charge >= 0.3 is 0 Å². The Balaban J connectivity index is 2.54. The normalized spacial score (nSPS) is 12.0. The number of thiophene rings is 1. The molecule has 0 amide bonds. The standard InChI is InChI=1S/C14H17NO3S/c1-16-10-6-11(17-2)13(12(7-10)18-3)14(15)9-4-5-19-8-9/h4-8,14H,15H2,1-3H3/t14-/m1/s1. The summed E-state index contributed by atoms with van der Waals surface area (Å²) in [4.78, 5) is 0. The van der Waals surface area contributed by atoms with Crippen LogP contribution in [0.5, 0.6) is 17.2 Å². The molecule has 2 rings (SSSR count). The Labute approximate surface area is 116 Å². The van der Waals surface area contributed by atoms with E-state index in [0.29, 0.717) is 17.2 Å². The molecule has 0 unspecified atom stereocenters. The highest BCUT2D eigenvalue weighted by atomic mass is 32.1. The summed E-state index contributed by atoms with van der Waals surface area (Å²) in [5, 5.41) is 4.02. The van der Waals surface area contributed by atoms with E-state index in [1.807, 2.05) is 29.0 Å². The molecule has 0 saturated heterocycles. The van der Waals surface area contributed by atoms with Crippen molar-refractivity contribution in [2.75, 3.05) is 21.3 Å². The van der Waals surface area contributed by atoms with E-state index in [1.54, 1.807) is 32.7 Å². The highest BCUT2D eigenvalue weighted by Crippen LogP contribution is 2.39. The highest BCUT2D eigenvalue weighted by Gasteiger charge is 2.21. The molecule has 4 nitrogen and oxygen atoms in total. The smallest absolute Gasteiger partial charge is 0.131 e.